The molecule has 0 spiro atoms. The molecule has 0 unspecified atom stereocenters. The molecule has 3 rings (SSSR count). The Morgan fingerprint density at radius 3 is 2.57 bits per heavy atom. The summed E-state index contributed by atoms with van der Waals surface area (Å²) in [7, 11) is 5.84. The predicted molar refractivity (Wildman–Crippen MR) is 114 cm³/mol. The number of halogens is 1. The van der Waals surface area contributed by atoms with Crippen molar-refractivity contribution in [2.75, 3.05) is 53.4 Å². The third-order valence-electron chi connectivity index (χ3n) is 5.90. The second kappa shape index (κ2) is 9.65. The van der Waals surface area contributed by atoms with E-state index in [1.165, 1.54) is 6.42 Å². The molecule has 1 amide bonds. The summed E-state index contributed by atoms with van der Waals surface area (Å²) in [6.45, 7) is 6.16. The van der Waals surface area contributed by atoms with E-state index in [4.69, 9.17) is 11.6 Å². The lowest BCUT2D eigenvalue weighted by Crippen LogP contribution is -2.52. The van der Waals surface area contributed by atoms with E-state index in [-0.39, 0.29) is 0 Å². The first kappa shape index (κ1) is 21.0. The van der Waals surface area contributed by atoms with E-state index >= 15 is 0 Å². The summed E-state index contributed by atoms with van der Waals surface area (Å²) in [6.07, 6.45) is 5.31. The number of amides is 1. The molecule has 1 aromatic heterocycles. The molecule has 28 heavy (non-hydrogen) atoms. The molecule has 0 bridgehead atoms. The van der Waals surface area contributed by atoms with Crippen molar-refractivity contribution in [3.63, 3.8) is 0 Å². The molecule has 1 N–H and O–H groups in total. The lowest BCUT2D eigenvalue weighted by molar-refractivity contribution is -0.139. The fourth-order valence-electron chi connectivity index (χ4n) is 3.86. The van der Waals surface area contributed by atoms with Gasteiger partial charge in [-0.05, 0) is 18.9 Å². The molecular formula is C20H33ClN6O. The second-order valence-corrected chi connectivity index (χ2v) is 8.32. The zero-order chi connectivity index (χ0) is 20.1. The van der Waals surface area contributed by atoms with E-state index in [0.29, 0.717) is 11.8 Å². The molecular weight excluding hydrogens is 376 g/mol. The fraction of sp³-hybridized carbons (Fsp3) is 0.700. The van der Waals surface area contributed by atoms with Crippen LogP contribution in [0.25, 0.3) is 0 Å². The van der Waals surface area contributed by atoms with Gasteiger partial charge in [0, 0.05) is 78.2 Å². The number of guanidine groups is 1. The summed E-state index contributed by atoms with van der Waals surface area (Å²) >= 11 is 6.08. The molecule has 1 aliphatic carbocycles. The molecule has 1 saturated carbocycles. The van der Waals surface area contributed by atoms with Crippen molar-refractivity contribution >= 4 is 23.5 Å². The Morgan fingerprint density at radius 2 is 2.04 bits per heavy atom. The monoisotopic (exact) mass is 408 g/mol. The topological polar surface area (TPSA) is 56.1 Å². The van der Waals surface area contributed by atoms with Gasteiger partial charge >= 0.3 is 0 Å². The first-order chi connectivity index (χ1) is 13.5. The summed E-state index contributed by atoms with van der Waals surface area (Å²) in [5.74, 6) is 1.56. The molecule has 156 valence electrons. The smallest absolute Gasteiger partial charge is 0.225 e. The summed E-state index contributed by atoms with van der Waals surface area (Å²) < 4.78 is 2.04. The lowest BCUT2D eigenvalue weighted by atomic mass is 9.84. The number of aryl methyl sites for hydroxylation is 1. The van der Waals surface area contributed by atoms with Gasteiger partial charge in [0.25, 0.3) is 0 Å². The van der Waals surface area contributed by atoms with Gasteiger partial charge in [0.1, 0.15) is 0 Å². The average Bonchev–Trinajstić information content (AvgIpc) is 2.94. The maximum Gasteiger partial charge on any atom is 0.225 e. The molecule has 7 nitrogen and oxygen atoms in total. The van der Waals surface area contributed by atoms with Gasteiger partial charge in [0.2, 0.25) is 5.91 Å². The van der Waals surface area contributed by atoms with Crippen LogP contribution >= 0.6 is 11.6 Å². The zero-order valence-corrected chi connectivity index (χ0v) is 18.1. The highest BCUT2D eigenvalue weighted by molar-refractivity contribution is 6.30. The minimum Gasteiger partial charge on any atom is -0.355 e. The Kier molecular flexibility index (Phi) is 7.24. The van der Waals surface area contributed by atoms with E-state index in [0.717, 1.165) is 75.3 Å². The van der Waals surface area contributed by atoms with Crippen LogP contribution in [0.2, 0.25) is 5.02 Å². The number of nitrogens with zero attached hydrogens (tertiary/aromatic N) is 5. The summed E-state index contributed by atoms with van der Waals surface area (Å²) in [5, 5.41) is 4.20. The van der Waals surface area contributed by atoms with Crippen LogP contribution in [-0.2, 0) is 18.4 Å². The Bertz CT molecular complexity index is 691. The van der Waals surface area contributed by atoms with Gasteiger partial charge in [0.15, 0.2) is 5.96 Å². The van der Waals surface area contributed by atoms with E-state index in [9.17, 15) is 4.79 Å². The maximum atomic E-state index is 12.3. The molecule has 2 fully saturated rings. The van der Waals surface area contributed by atoms with Gasteiger partial charge in [-0.2, -0.15) is 0 Å². The van der Waals surface area contributed by atoms with Crippen LogP contribution in [-0.4, -0.2) is 84.5 Å². The van der Waals surface area contributed by atoms with Gasteiger partial charge in [0.05, 0.1) is 11.6 Å². The number of aromatic nitrogens is 1. The summed E-state index contributed by atoms with van der Waals surface area (Å²) in [4.78, 5) is 23.3. The van der Waals surface area contributed by atoms with E-state index in [1.807, 2.05) is 38.0 Å². The first-order valence-electron chi connectivity index (χ1n) is 10.2. The highest BCUT2D eigenvalue weighted by Crippen LogP contribution is 2.28. The number of hydrogen-bond donors (Lipinski definition) is 1. The van der Waals surface area contributed by atoms with Gasteiger partial charge < -0.3 is 19.7 Å². The molecule has 1 saturated heterocycles. The van der Waals surface area contributed by atoms with Crippen molar-refractivity contribution in [3.8, 4) is 0 Å². The Balaban J connectivity index is 1.37. The van der Waals surface area contributed by atoms with Crippen molar-refractivity contribution in [1.29, 1.82) is 0 Å². The lowest BCUT2D eigenvalue weighted by Gasteiger charge is -2.38. The number of rotatable bonds is 6. The number of nitrogens with one attached hydrogen (secondary N) is 1. The largest absolute Gasteiger partial charge is 0.355 e. The van der Waals surface area contributed by atoms with Gasteiger partial charge in [-0.1, -0.05) is 18.0 Å². The van der Waals surface area contributed by atoms with Gasteiger partial charge in [-0.25, -0.2) is 0 Å². The molecule has 0 aromatic carbocycles. The first-order valence-corrected chi connectivity index (χ1v) is 10.6. The number of aliphatic imine (C=N–C) groups is 1. The second-order valence-electron chi connectivity index (χ2n) is 7.89. The van der Waals surface area contributed by atoms with Crippen LogP contribution < -0.4 is 5.32 Å². The molecule has 2 aliphatic rings. The van der Waals surface area contributed by atoms with Crippen LogP contribution in [0.4, 0.5) is 0 Å². The van der Waals surface area contributed by atoms with Crippen LogP contribution in [0, 0.1) is 5.92 Å². The Morgan fingerprint density at radius 1 is 1.32 bits per heavy atom. The number of piperazine rings is 1. The van der Waals surface area contributed by atoms with Crippen molar-refractivity contribution in [2.45, 2.75) is 25.8 Å². The zero-order valence-electron chi connectivity index (χ0n) is 17.3. The minimum absolute atomic E-state index is 0.311. The van der Waals surface area contributed by atoms with E-state index in [1.54, 1.807) is 0 Å². The molecule has 0 atom stereocenters. The van der Waals surface area contributed by atoms with E-state index < -0.39 is 0 Å². The summed E-state index contributed by atoms with van der Waals surface area (Å²) in [5.41, 5.74) is 1.14. The highest BCUT2D eigenvalue weighted by atomic mass is 35.5. The van der Waals surface area contributed by atoms with Crippen molar-refractivity contribution in [1.82, 2.24) is 24.6 Å². The number of carbonyl (C=O) groups is 1. The SMILES string of the molecule is CN=C(NCCN1CCN(C(=O)C2CCC2)CC1)N(C)Cc1cc(Cl)cn1C. The van der Waals surface area contributed by atoms with Crippen LogP contribution in [0.5, 0.6) is 0 Å². The van der Waals surface area contributed by atoms with Gasteiger partial charge in [-0.3, -0.25) is 14.7 Å². The van der Waals surface area contributed by atoms with Gasteiger partial charge in [-0.15, -0.1) is 0 Å². The third-order valence-corrected chi connectivity index (χ3v) is 6.10. The standard InChI is InChI=1S/C20H33ClN6O/c1-22-20(25(3)15-18-13-17(21)14-24(18)2)23-7-8-26-9-11-27(12-10-26)19(28)16-5-4-6-16/h13-14,16H,4-12,15H2,1-3H3,(H,22,23). The van der Waals surface area contributed by atoms with Crippen LogP contribution in [0.15, 0.2) is 17.3 Å². The van der Waals surface area contributed by atoms with E-state index in [2.05, 4.69) is 25.0 Å². The number of carbonyl (C=O) groups excluding carboxylic acids is 1. The molecule has 2 heterocycles. The highest BCUT2D eigenvalue weighted by Gasteiger charge is 2.31. The predicted octanol–water partition coefficient (Wildman–Crippen LogP) is 1.63. The normalized spacial score (nSPS) is 18.9. The molecule has 8 heteroatoms. The van der Waals surface area contributed by atoms with Crippen LogP contribution in [0.3, 0.4) is 0 Å². The molecule has 1 aromatic rings. The fourth-order valence-corrected chi connectivity index (χ4v) is 4.13. The van der Waals surface area contributed by atoms with Crippen molar-refractivity contribution in [2.24, 2.45) is 18.0 Å². The number of hydrogen-bond acceptors (Lipinski definition) is 3. The average molecular weight is 409 g/mol. The molecule has 0 radical (unpaired) electrons. The van der Waals surface area contributed by atoms with Crippen LogP contribution in [0.1, 0.15) is 25.0 Å². The molecule has 1 aliphatic heterocycles. The quantitative estimate of drug-likeness (QED) is 0.574. The minimum atomic E-state index is 0.311. The Hall–Kier alpha value is -1.73. The van der Waals surface area contributed by atoms with Crippen molar-refractivity contribution < 1.29 is 4.79 Å². The summed E-state index contributed by atoms with van der Waals surface area (Å²) in [6, 6.07) is 1.98. The third kappa shape index (κ3) is 5.20. The van der Waals surface area contributed by atoms with Crippen molar-refractivity contribution in [3.05, 3.63) is 23.0 Å². The Labute approximate surface area is 173 Å². The maximum absolute atomic E-state index is 12.3.